The highest BCUT2D eigenvalue weighted by Gasteiger charge is 2.14. The number of rotatable bonds is 4. The molecule has 0 spiro atoms. The highest BCUT2D eigenvalue weighted by Crippen LogP contribution is 2.31. The average Bonchev–Trinajstić information content (AvgIpc) is 2.79. The molecule has 1 aromatic heterocycles. The molecule has 1 aliphatic rings. The van der Waals surface area contributed by atoms with Crippen LogP contribution >= 0.6 is 0 Å². The molecule has 5 nitrogen and oxygen atoms in total. The summed E-state index contributed by atoms with van der Waals surface area (Å²) < 4.78 is 5.75. The largest absolute Gasteiger partial charge is 0.493 e. The smallest absolute Gasteiger partial charge is 0.337 e. The summed E-state index contributed by atoms with van der Waals surface area (Å²) in [6, 6.07) is 18.8. The fraction of sp³-hybridized carbons (Fsp3) is 0.250. The first-order valence-electron chi connectivity index (χ1n) is 9.75. The van der Waals surface area contributed by atoms with Crippen molar-refractivity contribution in [2.75, 3.05) is 19.0 Å². The molecule has 29 heavy (non-hydrogen) atoms. The Morgan fingerprint density at radius 2 is 1.93 bits per heavy atom. The molecule has 4 rings (SSSR count). The van der Waals surface area contributed by atoms with E-state index in [1.54, 1.807) is 7.05 Å². The Kier molecular flexibility index (Phi) is 6.85. The zero-order valence-electron chi connectivity index (χ0n) is 16.8. The molecule has 2 N–H and O–H groups in total. The van der Waals surface area contributed by atoms with E-state index in [9.17, 15) is 4.79 Å². The van der Waals surface area contributed by atoms with E-state index in [4.69, 9.17) is 9.84 Å². The number of benzene rings is 2. The van der Waals surface area contributed by atoms with Crippen LogP contribution in [0.1, 0.15) is 46.3 Å². The number of carboxylic acid groups (broad SMARTS) is 1. The third-order valence-electron chi connectivity index (χ3n) is 5.06. The summed E-state index contributed by atoms with van der Waals surface area (Å²) in [5.41, 5.74) is 4.81. The maximum atomic E-state index is 10.5. The summed E-state index contributed by atoms with van der Waals surface area (Å²) in [4.78, 5) is 14.3. The minimum Gasteiger partial charge on any atom is -0.493 e. The molecule has 2 aromatic carbocycles. The van der Waals surface area contributed by atoms with Gasteiger partial charge < -0.3 is 15.2 Å². The van der Waals surface area contributed by atoms with Gasteiger partial charge in [0.2, 0.25) is 0 Å². The molecule has 3 aromatic rings. The number of aryl methyl sites for hydroxylation is 1. The molecule has 0 amide bonds. The van der Waals surface area contributed by atoms with Gasteiger partial charge in [0, 0.05) is 19.2 Å². The van der Waals surface area contributed by atoms with Gasteiger partial charge in [-0.15, -0.1) is 0 Å². The standard InChI is InChI=1S/C17H18O.C7H8N2O2/c1-13(14-6-3-2-4-7-14)16-10-9-15-8-5-11-18-17(15)12-16;1-8-6-4-9-3-2-5(6)7(10)11/h2-4,6-7,9-10,12-13H,5,8,11H2,1H3;2-4,8H,1H3,(H,10,11). The summed E-state index contributed by atoms with van der Waals surface area (Å²) in [5, 5.41) is 11.4. The molecular formula is C24H26N2O3. The number of carbonyl (C=O) groups is 1. The zero-order valence-corrected chi connectivity index (χ0v) is 16.8. The number of hydrogen-bond donors (Lipinski definition) is 2. The maximum Gasteiger partial charge on any atom is 0.337 e. The van der Waals surface area contributed by atoms with Crippen molar-refractivity contribution < 1.29 is 14.6 Å². The fourth-order valence-corrected chi connectivity index (χ4v) is 3.34. The van der Waals surface area contributed by atoms with Gasteiger partial charge in [-0.25, -0.2) is 4.79 Å². The van der Waals surface area contributed by atoms with Crippen molar-refractivity contribution in [2.45, 2.75) is 25.7 Å². The minimum atomic E-state index is -0.947. The van der Waals surface area contributed by atoms with E-state index >= 15 is 0 Å². The first-order valence-corrected chi connectivity index (χ1v) is 9.75. The molecule has 1 atom stereocenters. The van der Waals surface area contributed by atoms with E-state index in [2.05, 4.69) is 65.8 Å². The highest BCUT2D eigenvalue weighted by molar-refractivity contribution is 5.93. The van der Waals surface area contributed by atoms with Gasteiger partial charge in [-0.2, -0.15) is 0 Å². The van der Waals surface area contributed by atoms with Crippen LogP contribution in [0.15, 0.2) is 67.0 Å². The van der Waals surface area contributed by atoms with Crippen LogP contribution in [0.3, 0.4) is 0 Å². The Labute approximate surface area is 171 Å². The predicted octanol–water partition coefficient (Wildman–Crippen LogP) is 4.98. The summed E-state index contributed by atoms with van der Waals surface area (Å²) in [7, 11) is 1.66. The van der Waals surface area contributed by atoms with Crippen molar-refractivity contribution >= 4 is 11.7 Å². The number of fused-ring (bicyclic) bond motifs is 1. The number of ether oxygens (including phenoxy) is 1. The summed E-state index contributed by atoms with van der Waals surface area (Å²) >= 11 is 0. The van der Waals surface area contributed by atoms with Crippen LogP contribution in [-0.2, 0) is 6.42 Å². The molecule has 2 heterocycles. The van der Waals surface area contributed by atoms with Crippen LogP contribution in [0.4, 0.5) is 5.69 Å². The van der Waals surface area contributed by atoms with E-state index in [-0.39, 0.29) is 5.56 Å². The molecule has 0 bridgehead atoms. The van der Waals surface area contributed by atoms with Crippen LogP contribution < -0.4 is 10.1 Å². The van der Waals surface area contributed by atoms with Crippen LogP contribution in [0.2, 0.25) is 0 Å². The van der Waals surface area contributed by atoms with Gasteiger partial charge in [0.1, 0.15) is 5.75 Å². The Morgan fingerprint density at radius 3 is 2.62 bits per heavy atom. The number of nitrogens with zero attached hydrogens (tertiary/aromatic N) is 1. The van der Waals surface area contributed by atoms with Crippen molar-refractivity contribution in [3.8, 4) is 5.75 Å². The number of carboxylic acids is 1. The van der Waals surface area contributed by atoms with Crippen molar-refractivity contribution in [1.82, 2.24) is 4.98 Å². The van der Waals surface area contributed by atoms with Crippen molar-refractivity contribution in [1.29, 1.82) is 0 Å². The lowest BCUT2D eigenvalue weighted by Crippen LogP contribution is -2.09. The topological polar surface area (TPSA) is 71.5 Å². The second-order valence-electron chi connectivity index (χ2n) is 6.93. The number of hydrogen-bond acceptors (Lipinski definition) is 4. The van der Waals surface area contributed by atoms with Gasteiger partial charge >= 0.3 is 5.97 Å². The zero-order chi connectivity index (χ0) is 20.6. The summed E-state index contributed by atoms with van der Waals surface area (Å²) in [5.74, 6) is 0.556. The number of anilines is 1. The first-order chi connectivity index (χ1) is 14.1. The number of nitrogens with one attached hydrogen (secondary N) is 1. The van der Waals surface area contributed by atoms with Gasteiger partial charge in [-0.1, -0.05) is 49.4 Å². The quantitative estimate of drug-likeness (QED) is 0.657. The minimum absolute atomic E-state index is 0.238. The fourth-order valence-electron chi connectivity index (χ4n) is 3.34. The SMILES string of the molecule is CC(c1ccccc1)c1ccc2c(c1)OCCC2.CNc1cnccc1C(=O)O. The molecule has 150 valence electrons. The van der Waals surface area contributed by atoms with Gasteiger partial charge in [0.25, 0.3) is 0 Å². The molecule has 0 radical (unpaired) electrons. The Balaban J connectivity index is 0.000000188. The second-order valence-corrected chi connectivity index (χ2v) is 6.93. The number of pyridine rings is 1. The first kappa shape index (κ1) is 20.4. The van der Waals surface area contributed by atoms with Crippen molar-refractivity contribution in [2.24, 2.45) is 0 Å². The normalized spacial score (nSPS) is 13.2. The van der Waals surface area contributed by atoms with Crippen LogP contribution in [-0.4, -0.2) is 29.7 Å². The van der Waals surface area contributed by atoms with E-state index in [1.807, 2.05) is 0 Å². The highest BCUT2D eigenvalue weighted by atomic mass is 16.5. The molecule has 0 saturated heterocycles. The van der Waals surface area contributed by atoms with Crippen LogP contribution in [0.5, 0.6) is 5.75 Å². The number of aromatic nitrogens is 1. The lowest BCUT2D eigenvalue weighted by molar-refractivity contribution is 0.0698. The van der Waals surface area contributed by atoms with E-state index in [1.165, 1.54) is 35.2 Å². The third kappa shape index (κ3) is 5.13. The molecule has 5 heteroatoms. The monoisotopic (exact) mass is 390 g/mol. The van der Waals surface area contributed by atoms with Crippen LogP contribution in [0, 0.1) is 0 Å². The lowest BCUT2D eigenvalue weighted by atomic mass is 9.91. The molecule has 1 unspecified atom stereocenters. The van der Waals surface area contributed by atoms with E-state index < -0.39 is 5.97 Å². The predicted molar refractivity (Wildman–Crippen MR) is 115 cm³/mol. The second kappa shape index (κ2) is 9.73. The van der Waals surface area contributed by atoms with E-state index in [0.29, 0.717) is 11.6 Å². The Bertz CT molecular complexity index is 957. The third-order valence-corrected chi connectivity index (χ3v) is 5.06. The van der Waals surface area contributed by atoms with Gasteiger partial charge in [-0.05, 0) is 41.7 Å². The van der Waals surface area contributed by atoms with Gasteiger partial charge in [-0.3, -0.25) is 4.98 Å². The van der Waals surface area contributed by atoms with Crippen molar-refractivity contribution in [3.05, 3.63) is 89.2 Å². The molecule has 0 saturated carbocycles. The van der Waals surface area contributed by atoms with Gasteiger partial charge in [0.05, 0.1) is 24.1 Å². The number of aromatic carboxylic acids is 1. The molecule has 1 aliphatic heterocycles. The molecule has 0 fully saturated rings. The Hall–Kier alpha value is -3.34. The summed E-state index contributed by atoms with van der Waals surface area (Å²) in [6.45, 7) is 3.11. The van der Waals surface area contributed by atoms with Crippen LogP contribution in [0.25, 0.3) is 0 Å². The van der Waals surface area contributed by atoms with E-state index in [0.717, 1.165) is 25.2 Å². The maximum absolute atomic E-state index is 10.5. The van der Waals surface area contributed by atoms with Crippen molar-refractivity contribution in [3.63, 3.8) is 0 Å². The lowest BCUT2D eigenvalue weighted by Gasteiger charge is -2.20. The summed E-state index contributed by atoms with van der Waals surface area (Å²) in [6.07, 6.45) is 5.21. The van der Waals surface area contributed by atoms with Gasteiger partial charge in [0.15, 0.2) is 0 Å². The Morgan fingerprint density at radius 1 is 1.14 bits per heavy atom. The molecular weight excluding hydrogens is 364 g/mol. The average molecular weight is 390 g/mol. The molecule has 0 aliphatic carbocycles.